The molecule has 2 atom stereocenters. The Morgan fingerprint density at radius 2 is 1.84 bits per heavy atom. The van der Waals surface area contributed by atoms with E-state index in [1.807, 2.05) is 13.0 Å². The molecule has 0 saturated heterocycles. The molecule has 0 aliphatic rings. The van der Waals surface area contributed by atoms with Gasteiger partial charge in [0.2, 0.25) is 0 Å². The van der Waals surface area contributed by atoms with Crippen LogP contribution in [0.2, 0.25) is 0 Å². The van der Waals surface area contributed by atoms with Gasteiger partial charge in [0.05, 0.1) is 5.92 Å². The van der Waals surface area contributed by atoms with Crippen LogP contribution in [0.1, 0.15) is 51.5 Å². The summed E-state index contributed by atoms with van der Waals surface area (Å²) in [5.41, 5.74) is 1.35. The molecule has 19 heavy (non-hydrogen) atoms. The van der Waals surface area contributed by atoms with E-state index in [1.165, 1.54) is 5.56 Å². The van der Waals surface area contributed by atoms with E-state index in [9.17, 15) is 9.90 Å². The quantitative estimate of drug-likeness (QED) is 0.709. The van der Waals surface area contributed by atoms with Crippen molar-refractivity contribution in [2.75, 3.05) is 0 Å². The molecule has 1 rings (SSSR count). The van der Waals surface area contributed by atoms with E-state index in [0.717, 1.165) is 38.5 Å². The lowest BCUT2D eigenvalue weighted by molar-refractivity contribution is -0.144. The van der Waals surface area contributed by atoms with Crippen LogP contribution < -0.4 is 0 Å². The van der Waals surface area contributed by atoms with Crippen molar-refractivity contribution in [3.05, 3.63) is 35.9 Å². The molecule has 106 valence electrons. The summed E-state index contributed by atoms with van der Waals surface area (Å²) < 4.78 is 0. The predicted octanol–water partition coefficient (Wildman–Crippen LogP) is 4.54. The number of carbonyl (C=O) groups is 1. The standard InChI is InChI=1S/C17H26O2/c1-3-9-15(16(4-2)17(18)19)13-8-12-14-10-6-5-7-11-14/h5-7,10-11,15-16H,3-4,8-9,12-13H2,1-2H3,(H,18,19). The van der Waals surface area contributed by atoms with Crippen LogP contribution in [0.3, 0.4) is 0 Å². The molecule has 1 N–H and O–H groups in total. The molecule has 0 heterocycles. The van der Waals surface area contributed by atoms with Gasteiger partial charge in [-0.2, -0.15) is 0 Å². The van der Waals surface area contributed by atoms with Gasteiger partial charge in [-0.15, -0.1) is 0 Å². The zero-order valence-corrected chi connectivity index (χ0v) is 12.1. The molecule has 0 bridgehead atoms. The maximum atomic E-state index is 11.3. The molecular weight excluding hydrogens is 236 g/mol. The Hall–Kier alpha value is -1.31. The first-order valence-corrected chi connectivity index (χ1v) is 7.45. The molecule has 2 heteroatoms. The van der Waals surface area contributed by atoms with Crippen molar-refractivity contribution < 1.29 is 9.90 Å². The van der Waals surface area contributed by atoms with Crippen LogP contribution in [-0.2, 0) is 11.2 Å². The lowest BCUT2D eigenvalue weighted by atomic mass is 9.82. The molecule has 0 saturated carbocycles. The second-order valence-corrected chi connectivity index (χ2v) is 5.28. The smallest absolute Gasteiger partial charge is 0.306 e. The average Bonchev–Trinajstić information content (AvgIpc) is 2.40. The van der Waals surface area contributed by atoms with Gasteiger partial charge in [0.25, 0.3) is 0 Å². The summed E-state index contributed by atoms with van der Waals surface area (Å²) in [5, 5.41) is 9.29. The average molecular weight is 262 g/mol. The van der Waals surface area contributed by atoms with Gasteiger partial charge in [-0.3, -0.25) is 4.79 Å². The van der Waals surface area contributed by atoms with Crippen LogP contribution in [0.4, 0.5) is 0 Å². The molecule has 0 aromatic heterocycles. The molecule has 1 aromatic carbocycles. The van der Waals surface area contributed by atoms with Crippen molar-refractivity contribution >= 4 is 5.97 Å². The van der Waals surface area contributed by atoms with Gasteiger partial charge < -0.3 is 5.11 Å². The summed E-state index contributed by atoms with van der Waals surface area (Å²) in [4.78, 5) is 11.3. The lowest BCUT2D eigenvalue weighted by Gasteiger charge is -2.22. The van der Waals surface area contributed by atoms with Crippen molar-refractivity contribution in [2.45, 2.75) is 52.4 Å². The summed E-state index contributed by atoms with van der Waals surface area (Å²) >= 11 is 0. The zero-order chi connectivity index (χ0) is 14.1. The second kappa shape index (κ2) is 8.73. The highest BCUT2D eigenvalue weighted by Gasteiger charge is 2.25. The molecular formula is C17H26O2. The molecule has 0 aliphatic carbocycles. The van der Waals surface area contributed by atoms with Crippen molar-refractivity contribution in [3.63, 3.8) is 0 Å². The molecule has 1 aromatic rings. The van der Waals surface area contributed by atoms with Crippen LogP contribution >= 0.6 is 0 Å². The Bertz CT molecular complexity index is 359. The molecule has 0 fully saturated rings. The number of hydrogen-bond acceptors (Lipinski definition) is 1. The van der Waals surface area contributed by atoms with Crippen molar-refractivity contribution in [1.29, 1.82) is 0 Å². The molecule has 0 amide bonds. The van der Waals surface area contributed by atoms with Crippen molar-refractivity contribution in [1.82, 2.24) is 0 Å². The van der Waals surface area contributed by atoms with Crippen LogP contribution in [0.15, 0.2) is 30.3 Å². The number of carboxylic acid groups (broad SMARTS) is 1. The van der Waals surface area contributed by atoms with E-state index >= 15 is 0 Å². The number of aryl methyl sites for hydroxylation is 1. The van der Waals surface area contributed by atoms with Crippen LogP contribution in [-0.4, -0.2) is 11.1 Å². The summed E-state index contributed by atoms with van der Waals surface area (Å²) in [6, 6.07) is 10.4. The maximum Gasteiger partial charge on any atom is 0.306 e. The van der Waals surface area contributed by atoms with Crippen molar-refractivity contribution in [2.24, 2.45) is 11.8 Å². The van der Waals surface area contributed by atoms with Gasteiger partial charge in [-0.1, -0.05) is 50.6 Å². The monoisotopic (exact) mass is 262 g/mol. The van der Waals surface area contributed by atoms with Gasteiger partial charge in [0, 0.05) is 0 Å². The summed E-state index contributed by atoms with van der Waals surface area (Å²) in [5.74, 6) is -0.465. The van der Waals surface area contributed by atoms with Crippen LogP contribution in [0, 0.1) is 11.8 Å². The van der Waals surface area contributed by atoms with Crippen molar-refractivity contribution in [3.8, 4) is 0 Å². The van der Waals surface area contributed by atoms with E-state index in [1.54, 1.807) is 0 Å². The number of benzene rings is 1. The highest BCUT2D eigenvalue weighted by molar-refractivity contribution is 5.70. The van der Waals surface area contributed by atoms with Crippen LogP contribution in [0.5, 0.6) is 0 Å². The predicted molar refractivity (Wildman–Crippen MR) is 79.2 cm³/mol. The molecule has 0 spiro atoms. The molecule has 0 radical (unpaired) electrons. The Balaban J connectivity index is 2.47. The third-order valence-electron chi connectivity index (χ3n) is 3.87. The van der Waals surface area contributed by atoms with Gasteiger partial charge >= 0.3 is 5.97 Å². The first-order valence-electron chi connectivity index (χ1n) is 7.45. The van der Waals surface area contributed by atoms with E-state index in [4.69, 9.17) is 0 Å². The van der Waals surface area contributed by atoms with Gasteiger partial charge in [0.1, 0.15) is 0 Å². The van der Waals surface area contributed by atoms with Gasteiger partial charge in [0.15, 0.2) is 0 Å². The fourth-order valence-electron chi connectivity index (χ4n) is 2.84. The Kier molecular flexibility index (Phi) is 7.24. The molecule has 2 nitrogen and oxygen atoms in total. The Morgan fingerprint density at radius 3 is 2.37 bits per heavy atom. The maximum absolute atomic E-state index is 11.3. The minimum atomic E-state index is -0.624. The Labute approximate surface area is 116 Å². The highest BCUT2D eigenvalue weighted by atomic mass is 16.4. The SMILES string of the molecule is CCCC(CCCc1ccccc1)C(CC)C(=O)O. The lowest BCUT2D eigenvalue weighted by Crippen LogP contribution is -2.23. The highest BCUT2D eigenvalue weighted by Crippen LogP contribution is 2.26. The Morgan fingerprint density at radius 1 is 1.16 bits per heavy atom. The third-order valence-corrected chi connectivity index (χ3v) is 3.87. The fraction of sp³-hybridized carbons (Fsp3) is 0.588. The van der Waals surface area contributed by atoms with E-state index < -0.39 is 5.97 Å². The fourth-order valence-corrected chi connectivity index (χ4v) is 2.84. The zero-order valence-electron chi connectivity index (χ0n) is 12.1. The third kappa shape index (κ3) is 5.46. The second-order valence-electron chi connectivity index (χ2n) is 5.28. The first-order chi connectivity index (χ1) is 9.19. The van der Waals surface area contributed by atoms with Gasteiger partial charge in [-0.05, 0) is 43.6 Å². The van der Waals surface area contributed by atoms with E-state index in [-0.39, 0.29) is 5.92 Å². The normalized spacial score (nSPS) is 14.0. The largest absolute Gasteiger partial charge is 0.481 e. The number of hydrogen-bond donors (Lipinski definition) is 1. The van der Waals surface area contributed by atoms with E-state index in [0.29, 0.717) is 5.92 Å². The number of rotatable bonds is 9. The topological polar surface area (TPSA) is 37.3 Å². The first kappa shape index (κ1) is 15.7. The molecule has 0 aliphatic heterocycles. The summed E-state index contributed by atoms with van der Waals surface area (Å²) in [6.45, 7) is 4.12. The van der Waals surface area contributed by atoms with Crippen LogP contribution in [0.25, 0.3) is 0 Å². The minimum absolute atomic E-state index is 0.171. The molecule has 2 unspecified atom stereocenters. The number of carboxylic acids is 1. The number of aliphatic carboxylic acids is 1. The summed E-state index contributed by atoms with van der Waals surface area (Å²) in [7, 11) is 0. The summed E-state index contributed by atoms with van der Waals surface area (Å²) in [6.07, 6.45) is 5.99. The van der Waals surface area contributed by atoms with Gasteiger partial charge in [-0.25, -0.2) is 0 Å². The minimum Gasteiger partial charge on any atom is -0.481 e. The van der Waals surface area contributed by atoms with E-state index in [2.05, 4.69) is 31.2 Å².